The highest BCUT2D eigenvalue weighted by atomic mass is 32.1. The van der Waals surface area contributed by atoms with E-state index in [1.165, 1.54) is 16.9 Å². The molecule has 0 saturated carbocycles. The van der Waals surface area contributed by atoms with Crippen LogP contribution in [0.15, 0.2) is 78.3 Å². The van der Waals surface area contributed by atoms with Crippen LogP contribution >= 0.6 is 11.3 Å². The molecule has 254 valence electrons. The van der Waals surface area contributed by atoms with Gasteiger partial charge < -0.3 is 30.2 Å². The molecule has 5 rings (SSSR count). The van der Waals surface area contributed by atoms with E-state index in [-0.39, 0.29) is 18.2 Å². The molecule has 0 spiro atoms. The third kappa shape index (κ3) is 10.0. The molecule has 3 N–H and O–H groups in total. The number of hydrogen-bond acceptors (Lipinski definition) is 8. The number of amides is 2. The van der Waals surface area contributed by atoms with Gasteiger partial charge in [0.25, 0.3) is 5.91 Å². The molecule has 4 aromatic rings. The Kier molecular flexibility index (Phi) is 12.8. The fourth-order valence-corrected chi connectivity index (χ4v) is 6.52. The minimum absolute atomic E-state index is 0.0787. The van der Waals surface area contributed by atoms with E-state index < -0.39 is 5.54 Å². The van der Waals surface area contributed by atoms with Crippen molar-refractivity contribution in [2.75, 3.05) is 32.1 Å². The lowest BCUT2D eigenvalue weighted by Gasteiger charge is -2.37. The van der Waals surface area contributed by atoms with Gasteiger partial charge in [0.15, 0.2) is 16.6 Å². The van der Waals surface area contributed by atoms with Gasteiger partial charge in [0.2, 0.25) is 5.91 Å². The van der Waals surface area contributed by atoms with E-state index in [1.54, 1.807) is 19.4 Å². The number of ether oxygens (including phenoxy) is 3. The fourth-order valence-electron chi connectivity index (χ4n) is 5.98. The van der Waals surface area contributed by atoms with Crippen molar-refractivity contribution in [3.8, 4) is 17.2 Å². The van der Waals surface area contributed by atoms with Gasteiger partial charge in [-0.25, -0.2) is 4.98 Å². The maximum absolute atomic E-state index is 12.9. The van der Waals surface area contributed by atoms with E-state index in [0.29, 0.717) is 42.0 Å². The lowest BCUT2D eigenvalue weighted by Crippen LogP contribution is -2.47. The Morgan fingerprint density at radius 1 is 0.938 bits per heavy atom. The van der Waals surface area contributed by atoms with Crippen LogP contribution in [0.4, 0.5) is 5.13 Å². The summed E-state index contributed by atoms with van der Waals surface area (Å²) in [6.07, 6.45) is 9.03. The molecule has 1 unspecified atom stereocenters. The minimum atomic E-state index is -0.528. The molecule has 1 aliphatic rings. The summed E-state index contributed by atoms with van der Waals surface area (Å²) < 4.78 is 17.8. The molecule has 2 heterocycles. The third-order valence-electron chi connectivity index (χ3n) is 8.55. The van der Waals surface area contributed by atoms with Crippen molar-refractivity contribution in [3.05, 3.63) is 101 Å². The van der Waals surface area contributed by atoms with Crippen LogP contribution in [-0.4, -0.2) is 43.6 Å². The minimum Gasteiger partial charge on any atom is -0.493 e. The van der Waals surface area contributed by atoms with Crippen LogP contribution in [0.5, 0.6) is 17.2 Å². The predicted octanol–water partition coefficient (Wildman–Crippen LogP) is 7.27. The highest BCUT2D eigenvalue weighted by molar-refractivity contribution is 7.13. The highest BCUT2D eigenvalue weighted by Crippen LogP contribution is 2.39. The van der Waals surface area contributed by atoms with Gasteiger partial charge in [-0.2, -0.15) is 0 Å². The van der Waals surface area contributed by atoms with Gasteiger partial charge in [0, 0.05) is 42.2 Å². The van der Waals surface area contributed by atoms with Crippen LogP contribution in [0.25, 0.3) is 0 Å². The number of carbonyl (C=O) groups is 2. The second-order valence-corrected chi connectivity index (χ2v) is 13.2. The second-order valence-electron chi connectivity index (χ2n) is 12.3. The maximum Gasteiger partial charge on any atom is 0.251 e. The number of nitrogens with zero attached hydrogens (tertiary/aromatic N) is 1. The molecular weight excluding hydrogens is 625 g/mol. The zero-order chi connectivity index (χ0) is 33.6. The van der Waals surface area contributed by atoms with Gasteiger partial charge in [0.05, 0.1) is 13.7 Å². The summed E-state index contributed by atoms with van der Waals surface area (Å²) >= 11 is 1.41. The van der Waals surface area contributed by atoms with E-state index in [9.17, 15) is 9.59 Å². The van der Waals surface area contributed by atoms with Crippen LogP contribution in [0.3, 0.4) is 0 Å². The van der Waals surface area contributed by atoms with Crippen LogP contribution in [0.2, 0.25) is 0 Å². The van der Waals surface area contributed by atoms with Crippen molar-refractivity contribution >= 4 is 28.3 Å². The first-order valence-electron chi connectivity index (χ1n) is 16.8. The molecule has 0 bridgehead atoms. The van der Waals surface area contributed by atoms with Gasteiger partial charge in [-0.15, -0.1) is 11.3 Å². The Morgan fingerprint density at radius 2 is 1.75 bits per heavy atom. The quantitative estimate of drug-likeness (QED) is 0.0956. The smallest absolute Gasteiger partial charge is 0.251 e. The van der Waals surface area contributed by atoms with E-state index >= 15 is 0 Å². The topological polar surface area (TPSA) is 111 Å². The first-order valence-corrected chi connectivity index (χ1v) is 17.6. The summed E-state index contributed by atoms with van der Waals surface area (Å²) in [4.78, 5) is 29.7. The molecule has 9 nitrogen and oxygen atoms in total. The van der Waals surface area contributed by atoms with Crippen molar-refractivity contribution < 1.29 is 23.8 Å². The fraction of sp³-hybridized carbons (Fsp3) is 0.395. The van der Waals surface area contributed by atoms with Gasteiger partial charge in [-0.3, -0.25) is 9.59 Å². The Hall–Kier alpha value is -4.41. The van der Waals surface area contributed by atoms with Crippen molar-refractivity contribution in [2.45, 2.75) is 70.4 Å². The molecule has 1 aliphatic heterocycles. The third-order valence-corrected chi connectivity index (χ3v) is 9.23. The Bertz CT molecular complexity index is 1610. The summed E-state index contributed by atoms with van der Waals surface area (Å²) in [6.45, 7) is 4.55. The van der Waals surface area contributed by atoms with E-state index in [4.69, 9.17) is 14.2 Å². The molecule has 0 radical (unpaired) electrons. The SMILES string of the molecule is COc1cc2c(cc1OCCCCCCCCNC(=O)c1cccc(OCc3ccccc3)c1)C(C)(CC(=O)Nc1nccs1)NCC2. The van der Waals surface area contributed by atoms with Gasteiger partial charge >= 0.3 is 0 Å². The van der Waals surface area contributed by atoms with Gasteiger partial charge in [-0.05, 0) is 73.2 Å². The van der Waals surface area contributed by atoms with E-state index in [1.807, 2.05) is 60.0 Å². The molecule has 1 aromatic heterocycles. The lowest BCUT2D eigenvalue weighted by atomic mass is 9.81. The van der Waals surface area contributed by atoms with E-state index in [2.05, 4.69) is 33.9 Å². The molecule has 0 aliphatic carbocycles. The molecule has 10 heteroatoms. The Morgan fingerprint density at radius 3 is 2.54 bits per heavy atom. The zero-order valence-corrected chi connectivity index (χ0v) is 28.7. The molecule has 2 amide bonds. The normalized spacial score (nSPS) is 15.3. The summed E-state index contributed by atoms with van der Waals surface area (Å²) in [7, 11) is 1.66. The van der Waals surface area contributed by atoms with Crippen LogP contribution < -0.4 is 30.2 Å². The number of nitrogens with one attached hydrogen (secondary N) is 3. The summed E-state index contributed by atoms with van der Waals surface area (Å²) in [5.74, 6) is 1.95. The predicted molar refractivity (Wildman–Crippen MR) is 190 cm³/mol. The highest BCUT2D eigenvalue weighted by Gasteiger charge is 2.35. The van der Waals surface area contributed by atoms with Crippen molar-refractivity contribution in [1.82, 2.24) is 15.6 Å². The average Bonchev–Trinajstić information content (AvgIpc) is 3.61. The lowest BCUT2D eigenvalue weighted by molar-refractivity contribution is -0.117. The second kappa shape index (κ2) is 17.7. The number of anilines is 1. The number of benzene rings is 3. The standard InChI is InChI=1S/C38H46N4O5S/c1-38(26-35(43)42-37-40-20-22-48-37)32-25-34(33(45-2)24-29(32)17-19-41-38)46-21-11-6-4-3-5-10-18-39-36(44)30-15-12-16-31(23-30)47-27-28-13-8-7-9-14-28/h7-9,12-16,20,22-25,41H,3-6,10-11,17-19,21,26-27H2,1-2H3,(H,39,44)(H,40,42,43). The largest absolute Gasteiger partial charge is 0.493 e. The van der Waals surface area contributed by atoms with Gasteiger partial charge in [0.1, 0.15) is 12.4 Å². The summed E-state index contributed by atoms with van der Waals surface area (Å²) in [5, 5.41) is 11.9. The molecular formula is C38H46N4O5S. The number of methoxy groups -OCH3 is 1. The number of rotatable bonds is 18. The summed E-state index contributed by atoms with van der Waals surface area (Å²) in [6, 6.07) is 21.4. The van der Waals surface area contributed by atoms with Crippen LogP contribution in [0, 0.1) is 0 Å². The number of hydrogen-bond donors (Lipinski definition) is 3. The van der Waals surface area contributed by atoms with Crippen LogP contribution in [0.1, 0.15) is 78.9 Å². The van der Waals surface area contributed by atoms with Crippen molar-refractivity contribution in [3.63, 3.8) is 0 Å². The number of aromatic nitrogens is 1. The Balaban J connectivity index is 0.986. The molecule has 3 aromatic carbocycles. The number of carbonyl (C=O) groups excluding carboxylic acids is 2. The number of unbranched alkanes of at least 4 members (excludes halogenated alkanes) is 5. The van der Waals surface area contributed by atoms with Crippen molar-refractivity contribution in [2.24, 2.45) is 0 Å². The molecule has 1 atom stereocenters. The maximum atomic E-state index is 12.9. The monoisotopic (exact) mass is 670 g/mol. The zero-order valence-electron chi connectivity index (χ0n) is 27.9. The average molecular weight is 671 g/mol. The van der Waals surface area contributed by atoms with Crippen LogP contribution in [-0.2, 0) is 23.4 Å². The summed E-state index contributed by atoms with van der Waals surface area (Å²) in [5.41, 5.74) is 3.39. The number of thiazole rings is 1. The first kappa shape index (κ1) is 34.9. The molecule has 0 fully saturated rings. The number of fused-ring (bicyclic) bond motifs is 1. The molecule has 0 saturated heterocycles. The first-order chi connectivity index (χ1) is 23.4. The molecule has 48 heavy (non-hydrogen) atoms. The Labute approximate surface area is 287 Å². The van der Waals surface area contributed by atoms with E-state index in [0.717, 1.165) is 68.4 Å². The van der Waals surface area contributed by atoms with Crippen molar-refractivity contribution in [1.29, 1.82) is 0 Å². The van der Waals surface area contributed by atoms with Gasteiger partial charge in [-0.1, -0.05) is 62.1 Å².